The van der Waals surface area contributed by atoms with Crippen molar-refractivity contribution >= 4 is 27.5 Å². The number of fused-ring (bicyclic) bond motifs is 1. The van der Waals surface area contributed by atoms with Gasteiger partial charge in [0.25, 0.3) is 5.91 Å². The molecule has 1 aliphatic rings. The zero-order valence-corrected chi connectivity index (χ0v) is 15.0. The molecule has 0 radical (unpaired) electrons. The summed E-state index contributed by atoms with van der Waals surface area (Å²) in [6.45, 7) is 1.23. The summed E-state index contributed by atoms with van der Waals surface area (Å²) in [6, 6.07) is 14.3. The lowest BCUT2D eigenvalue weighted by Crippen LogP contribution is -2.40. The fourth-order valence-corrected chi connectivity index (χ4v) is 4.37. The van der Waals surface area contributed by atoms with Crippen LogP contribution >= 0.6 is 11.3 Å². The van der Waals surface area contributed by atoms with Crippen LogP contribution in [0, 0.1) is 5.82 Å². The maximum Gasteiger partial charge on any atom is 0.260 e. The van der Waals surface area contributed by atoms with E-state index in [9.17, 15) is 9.18 Å². The molecule has 1 fully saturated rings. The van der Waals surface area contributed by atoms with Gasteiger partial charge in [0.05, 0.1) is 15.2 Å². The lowest BCUT2D eigenvalue weighted by Gasteiger charge is -2.31. The molecule has 0 atom stereocenters. The second-order valence-corrected chi connectivity index (χ2v) is 7.46. The molecule has 26 heavy (non-hydrogen) atoms. The van der Waals surface area contributed by atoms with Crippen LogP contribution in [0.25, 0.3) is 10.2 Å². The summed E-state index contributed by atoms with van der Waals surface area (Å²) in [5, 5.41) is 1.15. The summed E-state index contributed by atoms with van der Waals surface area (Å²) < 4.78 is 20.1. The van der Waals surface area contributed by atoms with Crippen molar-refractivity contribution in [3.05, 3.63) is 59.4 Å². The molecule has 4 rings (SSSR count). The molecule has 0 aliphatic carbocycles. The molecule has 0 N–H and O–H groups in total. The van der Waals surface area contributed by atoms with Crippen LogP contribution in [0.3, 0.4) is 0 Å². The van der Waals surface area contributed by atoms with E-state index in [1.807, 2.05) is 18.2 Å². The number of piperidine rings is 1. The first-order valence-electron chi connectivity index (χ1n) is 8.71. The van der Waals surface area contributed by atoms with Crippen LogP contribution in [-0.2, 0) is 4.79 Å². The third kappa shape index (κ3) is 3.55. The molecular formula is C20H19FN2O2S. The van der Waals surface area contributed by atoms with E-state index in [2.05, 4.69) is 6.07 Å². The number of para-hydroxylation sites is 2. The van der Waals surface area contributed by atoms with Crippen molar-refractivity contribution in [2.75, 3.05) is 19.7 Å². The van der Waals surface area contributed by atoms with E-state index in [4.69, 9.17) is 9.72 Å². The quantitative estimate of drug-likeness (QED) is 0.691. The molecule has 2 heterocycles. The van der Waals surface area contributed by atoms with Crippen molar-refractivity contribution in [3.63, 3.8) is 0 Å². The first kappa shape index (κ1) is 17.0. The molecule has 0 bridgehead atoms. The smallest absolute Gasteiger partial charge is 0.260 e. The topological polar surface area (TPSA) is 42.4 Å². The molecule has 1 aromatic heterocycles. The third-order valence-electron chi connectivity index (χ3n) is 4.70. The van der Waals surface area contributed by atoms with Gasteiger partial charge in [-0.2, -0.15) is 0 Å². The van der Waals surface area contributed by atoms with Gasteiger partial charge in [0.2, 0.25) is 0 Å². The van der Waals surface area contributed by atoms with Crippen LogP contribution in [0.4, 0.5) is 4.39 Å². The largest absolute Gasteiger partial charge is 0.481 e. The molecule has 2 aromatic carbocycles. The summed E-state index contributed by atoms with van der Waals surface area (Å²) in [5.74, 6) is -0.0417. The summed E-state index contributed by atoms with van der Waals surface area (Å²) in [7, 11) is 0. The Kier molecular flexibility index (Phi) is 4.84. The highest BCUT2D eigenvalue weighted by Crippen LogP contribution is 2.33. The fraction of sp³-hybridized carbons (Fsp3) is 0.300. The Labute approximate surface area is 155 Å². The number of hydrogen-bond acceptors (Lipinski definition) is 4. The van der Waals surface area contributed by atoms with Crippen molar-refractivity contribution in [1.29, 1.82) is 0 Å². The van der Waals surface area contributed by atoms with Crippen LogP contribution < -0.4 is 4.74 Å². The van der Waals surface area contributed by atoms with E-state index >= 15 is 0 Å². The number of rotatable bonds is 4. The average Bonchev–Trinajstić information content (AvgIpc) is 3.11. The van der Waals surface area contributed by atoms with Crippen LogP contribution in [0.15, 0.2) is 48.5 Å². The Hall–Kier alpha value is -2.47. The first-order valence-corrected chi connectivity index (χ1v) is 9.53. The summed E-state index contributed by atoms with van der Waals surface area (Å²) in [6.07, 6.45) is 1.79. The van der Waals surface area contributed by atoms with Gasteiger partial charge in [-0.25, -0.2) is 9.37 Å². The number of likely N-dealkylation sites (tertiary alicyclic amines) is 1. The number of amides is 1. The second kappa shape index (κ2) is 7.41. The van der Waals surface area contributed by atoms with Crippen LogP contribution in [0.2, 0.25) is 0 Å². The van der Waals surface area contributed by atoms with Crippen LogP contribution in [0.1, 0.15) is 23.8 Å². The highest BCUT2D eigenvalue weighted by Gasteiger charge is 2.26. The number of carbonyl (C=O) groups excluding carboxylic acids is 1. The fourth-order valence-electron chi connectivity index (χ4n) is 3.23. The van der Waals surface area contributed by atoms with Gasteiger partial charge in [-0.3, -0.25) is 4.79 Å². The summed E-state index contributed by atoms with van der Waals surface area (Å²) in [5.41, 5.74) is 1.05. The molecule has 134 valence electrons. The Balaban J connectivity index is 1.33. The van der Waals surface area contributed by atoms with Crippen LogP contribution in [0.5, 0.6) is 5.75 Å². The number of nitrogens with zero attached hydrogens (tertiary/aromatic N) is 2. The van der Waals surface area contributed by atoms with Gasteiger partial charge in [0.1, 0.15) is 0 Å². The first-order chi connectivity index (χ1) is 12.7. The lowest BCUT2D eigenvalue weighted by molar-refractivity contribution is -0.134. The van der Waals surface area contributed by atoms with Crippen molar-refractivity contribution in [3.8, 4) is 5.75 Å². The van der Waals surface area contributed by atoms with Crippen molar-refractivity contribution in [2.24, 2.45) is 0 Å². The number of carbonyl (C=O) groups is 1. The van der Waals surface area contributed by atoms with E-state index in [1.165, 1.54) is 16.8 Å². The van der Waals surface area contributed by atoms with E-state index in [-0.39, 0.29) is 18.3 Å². The Morgan fingerprint density at radius 2 is 1.88 bits per heavy atom. The maximum absolute atomic E-state index is 13.6. The minimum absolute atomic E-state index is 0.101. The standard InChI is InChI=1S/C20H19FN2O2S/c21-15-5-1-3-7-17(15)25-13-19(24)23-11-9-14(10-12-23)20-22-16-6-2-4-8-18(16)26-20/h1-8,14H,9-13H2. The van der Waals surface area contributed by atoms with E-state index in [0.29, 0.717) is 19.0 Å². The van der Waals surface area contributed by atoms with E-state index < -0.39 is 5.82 Å². The molecule has 4 nitrogen and oxygen atoms in total. The molecule has 1 amide bonds. The normalized spacial score (nSPS) is 15.3. The van der Waals surface area contributed by atoms with Crippen LogP contribution in [-0.4, -0.2) is 35.5 Å². The molecule has 1 aliphatic heterocycles. The van der Waals surface area contributed by atoms with Crippen molar-refractivity contribution in [2.45, 2.75) is 18.8 Å². The van der Waals surface area contributed by atoms with E-state index in [1.54, 1.807) is 28.4 Å². The number of benzene rings is 2. The SMILES string of the molecule is O=C(COc1ccccc1F)N1CCC(c2nc3ccccc3s2)CC1. The van der Waals surface area contributed by atoms with Gasteiger partial charge in [-0.15, -0.1) is 11.3 Å². The zero-order valence-electron chi connectivity index (χ0n) is 14.2. The average molecular weight is 370 g/mol. The predicted octanol–water partition coefficient (Wildman–Crippen LogP) is 4.22. The van der Waals surface area contributed by atoms with E-state index in [0.717, 1.165) is 23.4 Å². The van der Waals surface area contributed by atoms with Crippen molar-refractivity contribution in [1.82, 2.24) is 9.88 Å². The number of halogens is 1. The minimum Gasteiger partial charge on any atom is -0.481 e. The Morgan fingerprint density at radius 3 is 2.65 bits per heavy atom. The maximum atomic E-state index is 13.6. The molecule has 0 spiro atoms. The monoisotopic (exact) mass is 370 g/mol. The molecule has 0 saturated carbocycles. The lowest BCUT2D eigenvalue weighted by atomic mass is 9.97. The molecule has 1 saturated heterocycles. The zero-order chi connectivity index (χ0) is 17.9. The van der Waals surface area contributed by atoms with Gasteiger partial charge < -0.3 is 9.64 Å². The number of aromatic nitrogens is 1. The number of hydrogen-bond donors (Lipinski definition) is 0. The highest BCUT2D eigenvalue weighted by molar-refractivity contribution is 7.18. The van der Waals surface area contributed by atoms with Gasteiger partial charge >= 0.3 is 0 Å². The molecule has 6 heteroatoms. The second-order valence-electron chi connectivity index (χ2n) is 6.39. The van der Waals surface area contributed by atoms with Gasteiger partial charge in [-0.1, -0.05) is 24.3 Å². The van der Waals surface area contributed by atoms with Gasteiger partial charge in [-0.05, 0) is 37.1 Å². The Bertz CT molecular complexity index is 886. The predicted molar refractivity (Wildman–Crippen MR) is 100 cm³/mol. The number of ether oxygens (including phenoxy) is 1. The number of thiazole rings is 1. The van der Waals surface area contributed by atoms with Gasteiger partial charge in [0, 0.05) is 19.0 Å². The molecule has 0 unspecified atom stereocenters. The highest BCUT2D eigenvalue weighted by atomic mass is 32.1. The Morgan fingerprint density at radius 1 is 1.15 bits per heavy atom. The molecule has 3 aromatic rings. The van der Waals surface area contributed by atoms with Gasteiger partial charge in [0.15, 0.2) is 18.2 Å². The minimum atomic E-state index is -0.449. The summed E-state index contributed by atoms with van der Waals surface area (Å²) in [4.78, 5) is 18.9. The molecular weight excluding hydrogens is 351 g/mol. The summed E-state index contributed by atoms with van der Waals surface area (Å²) >= 11 is 1.74. The van der Waals surface area contributed by atoms with Crippen molar-refractivity contribution < 1.29 is 13.9 Å². The third-order valence-corrected chi connectivity index (χ3v) is 5.89.